The maximum atomic E-state index is 13.8. The Morgan fingerprint density at radius 3 is 2.65 bits per heavy atom. The Morgan fingerprint density at radius 2 is 1.88 bits per heavy atom. The van der Waals surface area contributed by atoms with Gasteiger partial charge in [0.15, 0.2) is 0 Å². The third kappa shape index (κ3) is 4.47. The van der Waals surface area contributed by atoms with Gasteiger partial charge >= 0.3 is 0 Å². The molecular formula is C25H34ClN3O4S. The number of aryl methyl sites for hydroxylation is 1. The zero-order chi connectivity index (χ0) is 23.2. The molecule has 0 bridgehead atoms. The van der Waals surface area contributed by atoms with Gasteiger partial charge in [-0.1, -0.05) is 42.8 Å². The van der Waals surface area contributed by atoms with Gasteiger partial charge in [0.05, 0.1) is 18.2 Å². The first-order valence-electron chi connectivity index (χ1n) is 11.9. The van der Waals surface area contributed by atoms with E-state index in [2.05, 4.69) is 6.07 Å². The van der Waals surface area contributed by atoms with Gasteiger partial charge in [0, 0.05) is 38.2 Å². The molecule has 0 aromatic heterocycles. The van der Waals surface area contributed by atoms with Crippen LogP contribution in [0.2, 0.25) is 0 Å². The lowest BCUT2D eigenvalue weighted by atomic mass is 9.87. The molecule has 9 heteroatoms. The average Bonchev–Trinajstić information content (AvgIpc) is 2.85. The second-order valence-corrected chi connectivity index (χ2v) is 11.3. The molecule has 0 spiro atoms. The van der Waals surface area contributed by atoms with Gasteiger partial charge in [-0.3, -0.25) is 0 Å². The molecule has 3 N–H and O–H groups in total. The first-order chi connectivity index (χ1) is 15.9. The van der Waals surface area contributed by atoms with Crippen molar-refractivity contribution in [3.8, 4) is 5.75 Å². The largest absolute Gasteiger partial charge is 0.507 e. The Hall–Kier alpha value is -1.68. The molecule has 3 aliphatic rings. The molecule has 0 amide bonds. The molecule has 1 saturated heterocycles. The van der Waals surface area contributed by atoms with Crippen molar-refractivity contribution in [2.45, 2.75) is 63.8 Å². The highest BCUT2D eigenvalue weighted by Crippen LogP contribution is 2.40. The molecule has 3 heterocycles. The van der Waals surface area contributed by atoms with E-state index in [1.165, 1.54) is 5.56 Å². The summed E-state index contributed by atoms with van der Waals surface area (Å²) in [7, 11) is -3.65. The number of halogens is 1. The van der Waals surface area contributed by atoms with E-state index in [4.69, 9.17) is 10.5 Å². The highest BCUT2D eigenvalue weighted by atomic mass is 35.5. The lowest BCUT2D eigenvalue weighted by Gasteiger charge is -2.44. The van der Waals surface area contributed by atoms with Crippen molar-refractivity contribution in [3.63, 3.8) is 0 Å². The summed E-state index contributed by atoms with van der Waals surface area (Å²) in [6.07, 6.45) is 3.06. The summed E-state index contributed by atoms with van der Waals surface area (Å²) in [6, 6.07) is 11.6. The topological polar surface area (TPSA) is 96.1 Å². The molecule has 0 radical (unpaired) electrons. The standard InChI is InChI=1S/C25H33N3O4S.ClH/c1-17-9-10-20-21(25(17)29)14-23(32-24(20)15-26)22-8-4-5-12-28(22)33(30,31)27-13-11-18-6-2-3-7-19(18)16-27;/h2-3,6-7,9-10,22-24,29H,4-5,8,11-16,26H2,1H3;1H/t22?,23-,24-;/m0./s1. The molecule has 186 valence electrons. The van der Waals surface area contributed by atoms with E-state index in [0.29, 0.717) is 26.1 Å². The fourth-order valence-electron chi connectivity index (χ4n) is 5.63. The summed E-state index contributed by atoms with van der Waals surface area (Å²) in [4.78, 5) is 0. The van der Waals surface area contributed by atoms with Crippen LogP contribution in [0.5, 0.6) is 5.75 Å². The quantitative estimate of drug-likeness (QED) is 0.662. The predicted molar refractivity (Wildman–Crippen MR) is 134 cm³/mol. The molecule has 1 unspecified atom stereocenters. The SMILES string of the molecule is Cc1ccc2c(c1O)C[C@@H](C1CCCCN1S(=O)(=O)N1CCc3ccccc3C1)O[C@H]2CN.Cl. The van der Waals surface area contributed by atoms with Crippen LogP contribution in [0.25, 0.3) is 0 Å². The van der Waals surface area contributed by atoms with Crippen LogP contribution < -0.4 is 5.73 Å². The molecule has 2 aromatic rings. The summed E-state index contributed by atoms with van der Waals surface area (Å²) < 4.78 is 37.4. The monoisotopic (exact) mass is 507 g/mol. The molecule has 0 saturated carbocycles. The van der Waals surface area contributed by atoms with Crippen molar-refractivity contribution in [1.82, 2.24) is 8.61 Å². The number of hydrogen-bond acceptors (Lipinski definition) is 5. The third-order valence-electron chi connectivity index (χ3n) is 7.47. The maximum Gasteiger partial charge on any atom is 0.282 e. The fourth-order valence-corrected chi connectivity index (χ4v) is 7.50. The molecule has 3 atom stereocenters. The number of phenols is 1. The van der Waals surface area contributed by atoms with Crippen LogP contribution in [0.4, 0.5) is 0 Å². The van der Waals surface area contributed by atoms with Crippen molar-refractivity contribution in [3.05, 3.63) is 64.2 Å². The first kappa shape index (κ1) is 25.4. The Kier molecular flexibility index (Phi) is 7.57. The zero-order valence-electron chi connectivity index (χ0n) is 19.5. The Labute approximate surface area is 208 Å². The number of rotatable bonds is 4. The maximum absolute atomic E-state index is 13.8. The van der Waals surface area contributed by atoms with Crippen molar-refractivity contribution in [1.29, 1.82) is 0 Å². The number of aromatic hydroxyl groups is 1. The number of nitrogens with two attached hydrogens (primary N) is 1. The second kappa shape index (κ2) is 10.1. The molecule has 1 fully saturated rings. The molecule has 3 aliphatic heterocycles. The van der Waals surface area contributed by atoms with Gasteiger partial charge in [-0.05, 0) is 48.4 Å². The summed E-state index contributed by atoms with van der Waals surface area (Å²) in [5, 5.41) is 10.8. The van der Waals surface area contributed by atoms with Crippen LogP contribution in [-0.4, -0.2) is 53.9 Å². The van der Waals surface area contributed by atoms with Gasteiger partial charge in [-0.2, -0.15) is 17.0 Å². The number of nitrogens with zero attached hydrogens (tertiary/aromatic N) is 2. The first-order valence-corrected chi connectivity index (χ1v) is 13.3. The lowest BCUT2D eigenvalue weighted by Crippen LogP contribution is -2.56. The van der Waals surface area contributed by atoms with E-state index in [0.717, 1.165) is 47.9 Å². The van der Waals surface area contributed by atoms with Gasteiger partial charge in [-0.15, -0.1) is 12.4 Å². The van der Waals surface area contributed by atoms with Gasteiger partial charge in [0.2, 0.25) is 0 Å². The van der Waals surface area contributed by atoms with Crippen LogP contribution in [0.1, 0.15) is 53.2 Å². The Balaban J connectivity index is 0.00000274. The number of benzene rings is 2. The van der Waals surface area contributed by atoms with Gasteiger partial charge in [0.1, 0.15) is 5.75 Å². The number of piperidine rings is 1. The van der Waals surface area contributed by atoms with Crippen molar-refractivity contribution >= 4 is 22.6 Å². The summed E-state index contributed by atoms with van der Waals surface area (Å²) in [5.41, 5.74) is 10.9. The minimum atomic E-state index is -3.65. The van der Waals surface area contributed by atoms with Crippen molar-refractivity contribution < 1.29 is 18.3 Å². The molecule has 7 nitrogen and oxygen atoms in total. The summed E-state index contributed by atoms with van der Waals surface area (Å²) in [6.45, 7) is 3.55. The fraction of sp³-hybridized carbons (Fsp3) is 0.520. The van der Waals surface area contributed by atoms with Crippen LogP contribution in [0.15, 0.2) is 36.4 Å². The van der Waals surface area contributed by atoms with E-state index >= 15 is 0 Å². The number of fused-ring (bicyclic) bond motifs is 2. The highest BCUT2D eigenvalue weighted by Gasteiger charge is 2.44. The molecule has 5 rings (SSSR count). The van der Waals surface area contributed by atoms with E-state index in [1.807, 2.05) is 37.3 Å². The van der Waals surface area contributed by atoms with Gasteiger partial charge in [-0.25, -0.2) is 0 Å². The van der Waals surface area contributed by atoms with Crippen LogP contribution in [0, 0.1) is 6.92 Å². The molecule has 0 aliphatic carbocycles. The van der Waals surface area contributed by atoms with E-state index in [-0.39, 0.29) is 43.0 Å². The minimum absolute atomic E-state index is 0. The van der Waals surface area contributed by atoms with Crippen molar-refractivity contribution in [2.24, 2.45) is 5.73 Å². The van der Waals surface area contributed by atoms with Gasteiger partial charge < -0.3 is 15.6 Å². The van der Waals surface area contributed by atoms with Gasteiger partial charge in [0.25, 0.3) is 10.2 Å². The predicted octanol–water partition coefficient (Wildman–Crippen LogP) is 3.22. The number of hydrogen-bond donors (Lipinski definition) is 2. The van der Waals surface area contributed by atoms with E-state index < -0.39 is 10.2 Å². The molecular weight excluding hydrogens is 474 g/mol. The van der Waals surface area contributed by atoms with Crippen LogP contribution in [-0.2, 0) is 34.3 Å². The summed E-state index contributed by atoms with van der Waals surface area (Å²) in [5.74, 6) is 0.275. The molecule has 2 aromatic carbocycles. The summed E-state index contributed by atoms with van der Waals surface area (Å²) >= 11 is 0. The highest BCUT2D eigenvalue weighted by molar-refractivity contribution is 7.86. The third-order valence-corrected chi connectivity index (χ3v) is 9.48. The number of phenolic OH excluding ortho intramolecular Hbond substituents is 1. The molecule has 34 heavy (non-hydrogen) atoms. The zero-order valence-corrected chi connectivity index (χ0v) is 21.2. The lowest BCUT2D eigenvalue weighted by molar-refractivity contribution is -0.0610. The Bertz CT molecular complexity index is 1140. The Morgan fingerprint density at radius 1 is 1.12 bits per heavy atom. The van der Waals surface area contributed by atoms with Crippen LogP contribution in [0.3, 0.4) is 0 Å². The van der Waals surface area contributed by atoms with E-state index in [1.54, 1.807) is 8.61 Å². The minimum Gasteiger partial charge on any atom is -0.507 e. The van der Waals surface area contributed by atoms with Crippen molar-refractivity contribution in [2.75, 3.05) is 19.6 Å². The number of ether oxygens (including phenoxy) is 1. The normalized spacial score (nSPS) is 25.8. The smallest absolute Gasteiger partial charge is 0.282 e. The van der Waals surface area contributed by atoms with E-state index in [9.17, 15) is 13.5 Å². The van der Waals surface area contributed by atoms with Crippen LogP contribution >= 0.6 is 12.4 Å². The average molecular weight is 508 g/mol. The second-order valence-electron chi connectivity index (χ2n) is 9.44.